The summed E-state index contributed by atoms with van der Waals surface area (Å²) in [6.45, 7) is 6.51. The molecule has 0 saturated heterocycles. The molecule has 0 heterocycles. The Bertz CT molecular complexity index is 1160. The van der Waals surface area contributed by atoms with Gasteiger partial charge in [-0.2, -0.15) is 0 Å². The first-order valence-electron chi connectivity index (χ1n) is 25.4. The third kappa shape index (κ3) is 47.7. The fourth-order valence-electron chi connectivity index (χ4n) is 6.82. The molecule has 0 N–H and O–H groups in total. The minimum Gasteiger partial charge on any atom is -0.462 e. The molecule has 0 aliphatic rings. The SMILES string of the molecule is CCCCCC=CCC=CCC=CCC=CCCCC(=O)OCC(COC(=O)CCCCCCCC=CCC=CCCCCC)OC(=O)CCCCCCCCCCCCC. The molecule has 0 fully saturated rings. The van der Waals surface area contributed by atoms with Crippen LogP contribution in [0.5, 0.6) is 0 Å². The molecule has 0 aliphatic carbocycles. The highest BCUT2D eigenvalue weighted by Gasteiger charge is 2.19. The van der Waals surface area contributed by atoms with Crippen molar-refractivity contribution in [3.05, 3.63) is 72.9 Å². The van der Waals surface area contributed by atoms with E-state index in [1.54, 1.807) is 0 Å². The normalized spacial score (nSPS) is 12.6. The fraction of sp³-hybridized carbons (Fsp3) is 0.727. The quantitative estimate of drug-likeness (QED) is 0.0263. The molecule has 0 aromatic rings. The lowest BCUT2D eigenvalue weighted by Gasteiger charge is -2.18. The Morgan fingerprint density at radius 3 is 1.02 bits per heavy atom. The van der Waals surface area contributed by atoms with Gasteiger partial charge in [-0.05, 0) is 89.9 Å². The molecule has 0 rings (SSSR count). The first kappa shape index (κ1) is 57.9. The number of hydrogen-bond donors (Lipinski definition) is 0. The summed E-state index contributed by atoms with van der Waals surface area (Å²) in [7, 11) is 0. The van der Waals surface area contributed by atoms with E-state index in [4.69, 9.17) is 14.2 Å². The highest BCUT2D eigenvalue weighted by molar-refractivity contribution is 5.71. The maximum absolute atomic E-state index is 12.7. The Hall–Kier alpha value is -3.15. The lowest BCUT2D eigenvalue weighted by Crippen LogP contribution is -2.30. The first-order chi connectivity index (χ1) is 30.0. The van der Waals surface area contributed by atoms with Crippen LogP contribution in [0.4, 0.5) is 0 Å². The van der Waals surface area contributed by atoms with Crippen LogP contribution in [0.15, 0.2) is 72.9 Å². The van der Waals surface area contributed by atoms with E-state index in [0.29, 0.717) is 19.3 Å². The Morgan fingerprint density at radius 1 is 0.328 bits per heavy atom. The van der Waals surface area contributed by atoms with Gasteiger partial charge in [-0.3, -0.25) is 14.4 Å². The Balaban J connectivity index is 4.47. The molecule has 0 aliphatic heterocycles. The minimum atomic E-state index is -0.800. The fourth-order valence-corrected chi connectivity index (χ4v) is 6.82. The van der Waals surface area contributed by atoms with Gasteiger partial charge in [0, 0.05) is 19.3 Å². The average Bonchev–Trinajstić information content (AvgIpc) is 3.26. The van der Waals surface area contributed by atoms with Crippen molar-refractivity contribution in [2.24, 2.45) is 0 Å². The summed E-state index contributed by atoms with van der Waals surface area (Å²) in [4.78, 5) is 37.9. The van der Waals surface area contributed by atoms with Gasteiger partial charge >= 0.3 is 17.9 Å². The van der Waals surface area contributed by atoms with Crippen LogP contribution in [0.2, 0.25) is 0 Å². The molecule has 6 heteroatoms. The van der Waals surface area contributed by atoms with Crippen LogP contribution in [0.25, 0.3) is 0 Å². The van der Waals surface area contributed by atoms with Gasteiger partial charge < -0.3 is 14.2 Å². The average molecular weight is 851 g/mol. The molecule has 0 amide bonds. The third-order valence-corrected chi connectivity index (χ3v) is 10.7. The van der Waals surface area contributed by atoms with Gasteiger partial charge in [-0.1, -0.05) is 203 Å². The van der Waals surface area contributed by atoms with Crippen molar-refractivity contribution in [1.82, 2.24) is 0 Å². The van der Waals surface area contributed by atoms with Crippen molar-refractivity contribution < 1.29 is 28.6 Å². The second kappa shape index (κ2) is 49.5. The van der Waals surface area contributed by atoms with E-state index >= 15 is 0 Å². The zero-order chi connectivity index (χ0) is 44.4. The van der Waals surface area contributed by atoms with Gasteiger partial charge in [0.15, 0.2) is 6.10 Å². The smallest absolute Gasteiger partial charge is 0.306 e. The lowest BCUT2D eigenvalue weighted by molar-refractivity contribution is -0.167. The van der Waals surface area contributed by atoms with Crippen LogP contribution < -0.4 is 0 Å². The first-order valence-corrected chi connectivity index (χ1v) is 25.4. The number of esters is 3. The van der Waals surface area contributed by atoms with Gasteiger partial charge in [-0.25, -0.2) is 0 Å². The van der Waals surface area contributed by atoms with Crippen LogP contribution in [-0.4, -0.2) is 37.2 Å². The number of carbonyl (C=O) groups is 3. The van der Waals surface area contributed by atoms with Gasteiger partial charge in [-0.15, -0.1) is 0 Å². The Morgan fingerprint density at radius 2 is 0.607 bits per heavy atom. The molecule has 0 aromatic heterocycles. The summed E-state index contributed by atoms with van der Waals surface area (Å²) in [6, 6.07) is 0. The number of hydrogen-bond acceptors (Lipinski definition) is 6. The maximum atomic E-state index is 12.7. The van der Waals surface area contributed by atoms with E-state index in [9.17, 15) is 14.4 Å². The monoisotopic (exact) mass is 851 g/mol. The summed E-state index contributed by atoms with van der Waals surface area (Å²) in [6.07, 6.45) is 61.7. The summed E-state index contributed by atoms with van der Waals surface area (Å²) >= 11 is 0. The van der Waals surface area contributed by atoms with Crippen LogP contribution in [-0.2, 0) is 28.6 Å². The third-order valence-electron chi connectivity index (χ3n) is 10.7. The van der Waals surface area contributed by atoms with Gasteiger partial charge in [0.2, 0.25) is 0 Å². The largest absolute Gasteiger partial charge is 0.462 e. The van der Waals surface area contributed by atoms with Crippen molar-refractivity contribution in [1.29, 1.82) is 0 Å². The summed E-state index contributed by atoms with van der Waals surface area (Å²) in [5.41, 5.74) is 0. The molecule has 0 radical (unpaired) electrons. The van der Waals surface area contributed by atoms with E-state index in [1.807, 2.05) is 0 Å². The van der Waals surface area contributed by atoms with E-state index in [0.717, 1.165) is 89.9 Å². The molecular weight excluding hydrogens is 757 g/mol. The minimum absolute atomic E-state index is 0.0986. The van der Waals surface area contributed by atoms with Crippen LogP contribution in [0, 0.1) is 0 Å². The zero-order valence-electron chi connectivity index (χ0n) is 39.9. The molecular formula is C55H94O6. The molecule has 61 heavy (non-hydrogen) atoms. The highest BCUT2D eigenvalue weighted by atomic mass is 16.6. The summed E-state index contributed by atoms with van der Waals surface area (Å²) in [5, 5.41) is 0. The van der Waals surface area contributed by atoms with Gasteiger partial charge in [0.1, 0.15) is 13.2 Å². The standard InChI is InChI=1S/C55H94O6/c1-4-7-10-13-16-19-22-24-26-27-29-31-34-36-39-42-45-48-54(57)60-51-52(61-55(58)49-46-43-40-37-32-21-18-15-12-9-6-3)50-59-53(56)47-44-41-38-35-33-30-28-25-23-20-17-14-11-8-5-2/h16-17,19-20,24-26,28-29,31,36,39,52H,4-15,18,21-23,27,30,32-35,37-38,40-51H2,1-3H3. The molecule has 6 nitrogen and oxygen atoms in total. The summed E-state index contributed by atoms with van der Waals surface area (Å²) in [5.74, 6) is -0.969. The number of carbonyl (C=O) groups excluding carboxylic acids is 3. The second-order valence-corrected chi connectivity index (χ2v) is 16.7. The number of ether oxygens (including phenoxy) is 3. The van der Waals surface area contributed by atoms with Crippen molar-refractivity contribution in [2.75, 3.05) is 13.2 Å². The van der Waals surface area contributed by atoms with Crippen molar-refractivity contribution in [2.45, 2.75) is 245 Å². The topological polar surface area (TPSA) is 78.9 Å². The molecule has 1 atom stereocenters. The lowest BCUT2D eigenvalue weighted by atomic mass is 10.1. The molecule has 0 aromatic carbocycles. The van der Waals surface area contributed by atoms with Crippen LogP contribution in [0.1, 0.15) is 239 Å². The number of allylic oxidation sites excluding steroid dienone is 12. The van der Waals surface area contributed by atoms with E-state index in [-0.39, 0.29) is 37.5 Å². The molecule has 0 bridgehead atoms. The summed E-state index contributed by atoms with van der Waals surface area (Å²) < 4.78 is 16.7. The molecule has 0 spiro atoms. The molecule has 350 valence electrons. The predicted molar refractivity (Wildman–Crippen MR) is 261 cm³/mol. The molecule has 0 saturated carbocycles. The number of unbranched alkanes of at least 4 members (excludes halogenated alkanes) is 22. The van der Waals surface area contributed by atoms with E-state index in [2.05, 4.69) is 93.7 Å². The zero-order valence-corrected chi connectivity index (χ0v) is 39.9. The van der Waals surface area contributed by atoms with Crippen molar-refractivity contribution in [3.63, 3.8) is 0 Å². The highest BCUT2D eigenvalue weighted by Crippen LogP contribution is 2.14. The van der Waals surface area contributed by atoms with Gasteiger partial charge in [0.25, 0.3) is 0 Å². The van der Waals surface area contributed by atoms with E-state index in [1.165, 1.54) is 103 Å². The second-order valence-electron chi connectivity index (χ2n) is 16.7. The Kier molecular flexibility index (Phi) is 46.9. The van der Waals surface area contributed by atoms with E-state index < -0.39 is 6.10 Å². The maximum Gasteiger partial charge on any atom is 0.306 e. The van der Waals surface area contributed by atoms with Crippen LogP contribution in [0.3, 0.4) is 0 Å². The Labute approximate surface area is 376 Å². The molecule has 1 unspecified atom stereocenters. The van der Waals surface area contributed by atoms with Crippen molar-refractivity contribution in [3.8, 4) is 0 Å². The number of rotatable bonds is 45. The van der Waals surface area contributed by atoms with Crippen molar-refractivity contribution >= 4 is 17.9 Å². The van der Waals surface area contributed by atoms with Crippen LogP contribution >= 0.6 is 0 Å². The predicted octanol–water partition coefficient (Wildman–Crippen LogP) is 16.6. The van der Waals surface area contributed by atoms with Gasteiger partial charge in [0.05, 0.1) is 0 Å².